The summed E-state index contributed by atoms with van der Waals surface area (Å²) in [6.07, 6.45) is 1.22. The molecule has 1 saturated heterocycles. The second kappa shape index (κ2) is 10.7. The number of aliphatic hydroxyl groups excluding tert-OH is 1. The van der Waals surface area contributed by atoms with Gasteiger partial charge in [0.2, 0.25) is 0 Å². The van der Waals surface area contributed by atoms with Crippen LogP contribution in [0.5, 0.6) is 0 Å². The number of piperazine rings is 1. The van der Waals surface area contributed by atoms with E-state index in [0.29, 0.717) is 24.3 Å². The molecule has 1 aliphatic heterocycles. The third-order valence-corrected chi connectivity index (χ3v) is 6.12. The van der Waals surface area contributed by atoms with Gasteiger partial charge in [-0.05, 0) is 12.6 Å². The number of likely N-dealkylation sites (N-methyl/N-ethyl adjacent to an activating group) is 2. The molecule has 0 aliphatic carbocycles. The minimum atomic E-state index is -0.595. The smallest absolute Gasteiger partial charge is 0.257 e. The van der Waals surface area contributed by atoms with Crippen molar-refractivity contribution in [2.24, 2.45) is 0 Å². The first-order valence-corrected chi connectivity index (χ1v) is 11.5. The summed E-state index contributed by atoms with van der Waals surface area (Å²) in [6, 6.07) is 19.9. The number of hydrogen-bond donors (Lipinski definition) is 1. The molecule has 1 N–H and O–H groups in total. The third kappa shape index (κ3) is 6.07. The molecule has 1 atom stereocenters. The number of aromatic nitrogens is 2. The van der Waals surface area contributed by atoms with Crippen LogP contribution in [-0.4, -0.2) is 95.0 Å². The maximum absolute atomic E-state index is 13.4. The Bertz CT molecular complexity index is 1030. The largest absolute Gasteiger partial charge is 0.390 e. The first kappa shape index (κ1) is 23.2. The first-order valence-electron chi connectivity index (χ1n) is 11.5. The fourth-order valence-corrected chi connectivity index (χ4v) is 4.23. The molecular weight excluding hydrogens is 414 g/mol. The number of carbonyl (C=O) groups is 1. The van der Waals surface area contributed by atoms with Gasteiger partial charge in [-0.15, -0.1) is 0 Å². The van der Waals surface area contributed by atoms with Crippen molar-refractivity contribution in [2.75, 3.05) is 53.4 Å². The van der Waals surface area contributed by atoms with Crippen molar-refractivity contribution in [1.29, 1.82) is 0 Å². The van der Waals surface area contributed by atoms with E-state index in [1.165, 1.54) is 0 Å². The summed E-state index contributed by atoms with van der Waals surface area (Å²) in [4.78, 5) is 19.6. The Morgan fingerprint density at radius 3 is 2.33 bits per heavy atom. The van der Waals surface area contributed by atoms with Crippen molar-refractivity contribution in [2.45, 2.75) is 12.6 Å². The lowest BCUT2D eigenvalue weighted by Gasteiger charge is -2.34. The van der Waals surface area contributed by atoms with Crippen molar-refractivity contribution in [3.8, 4) is 11.3 Å². The topological polar surface area (TPSA) is 64.8 Å². The molecule has 0 spiro atoms. The van der Waals surface area contributed by atoms with E-state index in [2.05, 4.69) is 16.8 Å². The molecule has 174 valence electrons. The zero-order valence-corrected chi connectivity index (χ0v) is 19.5. The lowest BCUT2D eigenvalue weighted by Crippen LogP contribution is -2.49. The van der Waals surface area contributed by atoms with Gasteiger partial charge in [0.1, 0.15) is 5.69 Å². The van der Waals surface area contributed by atoms with Crippen LogP contribution in [-0.2, 0) is 6.54 Å². The SMILES string of the molecule is CN1CCN(C[C@@H](O)CN(C)C(=O)c2cn(Cc3ccccc3)nc2-c2ccccc2)CC1. The summed E-state index contributed by atoms with van der Waals surface area (Å²) in [5.41, 5.74) is 3.23. The average molecular weight is 448 g/mol. The monoisotopic (exact) mass is 447 g/mol. The number of aliphatic hydroxyl groups is 1. The molecule has 3 aromatic rings. The van der Waals surface area contributed by atoms with E-state index in [0.717, 1.165) is 37.3 Å². The van der Waals surface area contributed by atoms with Crippen LogP contribution in [0.4, 0.5) is 0 Å². The number of nitrogens with zero attached hydrogens (tertiary/aromatic N) is 5. The molecule has 0 saturated carbocycles. The molecule has 33 heavy (non-hydrogen) atoms. The van der Waals surface area contributed by atoms with Crippen LogP contribution >= 0.6 is 0 Å². The highest BCUT2D eigenvalue weighted by Crippen LogP contribution is 2.23. The maximum Gasteiger partial charge on any atom is 0.257 e. The summed E-state index contributed by atoms with van der Waals surface area (Å²) >= 11 is 0. The summed E-state index contributed by atoms with van der Waals surface area (Å²) in [7, 11) is 3.86. The molecule has 1 aliphatic rings. The van der Waals surface area contributed by atoms with Gasteiger partial charge >= 0.3 is 0 Å². The minimum absolute atomic E-state index is 0.134. The normalized spacial score (nSPS) is 16.0. The summed E-state index contributed by atoms with van der Waals surface area (Å²) in [5, 5.41) is 15.4. The third-order valence-electron chi connectivity index (χ3n) is 6.12. The van der Waals surface area contributed by atoms with E-state index >= 15 is 0 Å². The van der Waals surface area contributed by atoms with E-state index in [1.807, 2.05) is 71.5 Å². The van der Waals surface area contributed by atoms with Gasteiger partial charge in [-0.1, -0.05) is 60.7 Å². The van der Waals surface area contributed by atoms with Gasteiger partial charge in [0.05, 0.1) is 18.2 Å². The number of amides is 1. The fourth-order valence-electron chi connectivity index (χ4n) is 4.23. The average Bonchev–Trinajstić information content (AvgIpc) is 3.25. The summed E-state index contributed by atoms with van der Waals surface area (Å²) in [6.45, 7) is 5.33. The van der Waals surface area contributed by atoms with Gasteiger partial charge in [-0.25, -0.2) is 0 Å². The molecule has 4 rings (SSSR count). The van der Waals surface area contributed by atoms with Crippen LogP contribution in [0.15, 0.2) is 66.9 Å². The van der Waals surface area contributed by atoms with Crippen LogP contribution in [0.1, 0.15) is 15.9 Å². The van der Waals surface area contributed by atoms with Crippen LogP contribution < -0.4 is 0 Å². The van der Waals surface area contributed by atoms with Gasteiger partial charge < -0.3 is 14.9 Å². The predicted octanol–water partition coefficient (Wildman–Crippen LogP) is 2.28. The number of β-amino-alcohol motifs (C(OH)–C–C–N with tert-alkyl or cyclic N) is 1. The summed E-state index contributed by atoms with van der Waals surface area (Å²) < 4.78 is 1.82. The Morgan fingerprint density at radius 1 is 1.03 bits per heavy atom. The van der Waals surface area contributed by atoms with E-state index in [-0.39, 0.29) is 12.5 Å². The molecule has 1 aromatic heterocycles. The quantitative estimate of drug-likeness (QED) is 0.574. The Hall–Kier alpha value is -3.00. The molecule has 7 heteroatoms. The van der Waals surface area contributed by atoms with Crippen LogP contribution in [0.3, 0.4) is 0 Å². The van der Waals surface area contributed by atoms with E-state index in [9.17, 15) is 9.90 Å². The molecule has 0 radical (unpaired) electrons. The Morgan fingerprint density at radius 2 is 1.67 bits per heavy atom. The van der Waals surface area contributed by atoms with Crippen molar-refractivity contribution in [3.05, 3.63) is 78.0 Å². The van der Waals surface area contributed by atoms with Gasteiger partial charge in [0, 0.05) is 58.1 Å². The van der Waals surface area contributed by atoms with Gasteiger partial charge in [-0.3, -0.25) is 14.4 Å². The predicted molar refractivity (Wildman–Crippen MR) is 130 cm³/mol. The highest BCUT2D eigenvalue weighted by Gasteiger charge is 2.24. The molecule has 2 aromatic carbocycles. The zero-order valence-electron chi connectivity index (χ0n) is 19.5. The van der Waals surface area contributed by atoms with Crippen LogP contribution in [0.25, 0.3) is 11.3 Å². The van der Waals surface area contributed by atoms with Crippen molar-refractivity contribution < 1.29 is 9.90 Å². The Balaban J connectivity index is 1.49. The van der Waals surface area contributed by atoms with E-state index in [4.69, 9.17) is 5.10 Å². The first-order chi connectivity index (χ1) is 16.0. The zero-order chi connectivity index (χ0) is 23.2. The number of rotatable bonds is 8. The molecule has 2 heterocycles. The fraction of sp³-hybridized carbons (Fsp3) is 0.385. The number of benzene rings is 2. The Labute approximate surface area is 195 Å². The van der Waals surface area contributed by atoms with Crippen LogP contribution in [0.2, 0.25) is 0 Å². The molecular formula is C26H33N5O2. The van der Waals surface area contributed by atoms with E-state index in [1.54, 1.807) is 11.9 Å². The molecule has 7 nitrogen and oxygen atoms in total. The minimum Gasteiger partial charge on any atom is -0.390 e. The van der Waals surface area contributed by atoms with Crippen molar-refractivity contribution in [3.63, 3.8) is 0 Å². The molecule has 1 fully saturated rings. The lowest BCUT2D eigenvalue weighted by molar-refractivity contribution is 0.0502. The number of carbonyl (C=O) groups excluding carboxylic acids is 1. The number of hydrogen-bond acceptors (Lipinski definition) is 5. The maximum atomic E-state index is 13.4. The molecule has 0 unspecified atom stereocenters. The van der Waals surface area contributed by atoms with E-state index < -0.39 is 6.10 Å². The lowest BCUT2D eigenvalue weighted by atomic mass is 10.1. The molecule has 0 bridgehead atoms. The Kier molecular flexibility index (Phi) is 7.54. The standard InChI is InChI=1S/C26H33N5O2/c1-28-13-15-30(16-14-28)19-23(32)18-29(2)26(33)24-20-31(17-21-9-5-3-6-10-21)27-25(24)22-11-7-4-8-12-22/h3-12,20,23,32H,13-19H2,1-2H3/t23-/m0/s1. The second-order valence-corrected chi connectivity index (χ2v) is 8.88. The van der Waals surface area contributed by atoms with Crippen LogP contribution in [0, 0.1) is 0 Å². The van der Waals surface area contributed by atoms with Gasteiger partial charge in [0.15, 0.2) is 0 Å². The molecule has 1 amide bonds. The summed E-state index contributed by atoms with van der Waals surface area (Å²) in [5.74, 6) is -0.134. The van der Waals surface area contributed by atoms with Gasteiger partial charge in [0.25, 0.3) is 5.91 Å². The highest BCUT2D eigenvalue weighted by atomic mass is 16.3. The van der Waals surface area contributed by atoms with Crippen molar-refractivity contribution in [1.82, 2.24) is 24.5 Å². The second-order valence-electron chi connectivity index (χ2n) is 8.88. The van der Waals surface area contributed by atoms with Crippen molar-refractivity contribution >= 4 is 5.91 Å². The highest BCUT2D eigenvalue weighted by molar-refractivity contribution is 5.99. The van der Waals surface area contributed by atoms with Gasteiger partial charge in [-0.2, -0.15) is 5.10 Å².